The second kappa shape index (κ2) is 7.96. The van der Waals surface area contributed by atoms with Crippen LogP contribution in [-0.2, 0) is 6.18 Å². The fourth-order valence-electron chi connectivity index (χ4n) is 2.17. The van der Waals surface area contributed by atoms with E-state index < -0.39 is 17.3 Å². The summed E-state index contributed by atoms with van der Waals surface area (Å²) in [5, 5.41) is 2.92. The first-order chi connectivity index (χ1) is 12.5. The van der Waals surface area contributed by atoms with Crippen molar-refractivity contribution < 1.29 is 22.7 Å². The minimum absolute atomic E-state index is 0.0238. The van der Waals surface area contributed by atoms with E-state index in [2.05, 4.69) is 10.3 Å². The molecular formula is C19H22F3N3O2. The van der Waals surface area contributed by atoms with Gasteiger partial charge in [0.1, 0.15) is 5.75 Å². The van der Waals surface area contributed by atoms with Gasteiger partial charge in [0.05, 0.1) is 11.1 Å². The Kier molecular flexibility index (Phi) is 6.10. The Morgan fingerprint density at radius 2 is 1.81 bits per heavy atom. The van der Waals surface area contributed by atoms with E-state index in [9.17, 15) is 18.0 Å². The first-order valence-electron chi connectivity index (χ1n) is 8.39. The highest BCUT2D eigenvalue weighted by molar-refractivity contribution is 5.94. The fraction of sp³-hybridized carbons (Fsp3) is 0.368. The lowest BCUT2D eigenvalue weighted by Crippen LogP contribution is -2.55. The maximum Gasteiger partial charge on any atom is 0.417 e. The van der Waals surface area contributed by atoms with Crippen LogP contribution in [0.15, 0.2) is 42.6 Å². The number of amides is 1. The number of hydrogen-bond acceptors (Lipinski definition) is 4. The van der Waals surface area contributed by atoms with Crippen molar-refractivity contribution in [1.29, 1.82) is 0 Å². The third-order valence-corrected chi connectivity index (χ3v) is 4.50. The molecule has 2 rings (SSSR count). The number of benzene rings is 1. The van der Waals surface area contributed by atoms with E-state index in [1.165, 1.54) is 0 Å². The summed E-state index contributed by atoms with van der Waals surface area (Å²) >= 11 is 0. The van der Waals surface area contributed by atoms with Gasteiger partial charge in [0.15, 0.2) is 0 Å². The van der Waals surface area contributed by atoms with Crippen LogP contribution >= 0.6 is 0 Å². The molecule has 1 unspecified atom stereocenters. The van der Waals surface area contributed by atoms with E-state index in [0.29, 0.717) is 24.1 Å². The van der Waals surface area contributed by atoms with Gasteiger partial charge in [-0.05, 0) is 43.2 Å². The molecule has 0 spiro atoms. The number of hydrogen-bond donors (Lipinski definition) is 2. The van der Waals surface area contributed by atoms with Crippen LogP contribution in [0.25, 0.3) is 0 Å². The van der Waals surface area contributed by atoms with Gasteiger partial charge in [-0.2, -0.15) is 13.2 Å². The summed E-state index contributed by atoms with van der Waals surface area (Å²) in [5.74, 6) is 0.260. The molecule has 2 aromatic rings. The maximum atomic E-state index is 12.5. The van der Waals surface area contributed by atoms with E-state index >= 15 is 0 Å². The van der Waals surface area contributed by atoms with E-state index in [0.717, 1.165) is 12.1 Å². The Hall–Kier alpha value is -2.61. The molecule has 0 aliphatic carbocycles. The number of carbonyl (C=O) groups is 1. The van der Waals surface area contributed by atoms with Crippen molar-refractivity contribution in [2.75, 3.05) is 6.54 Å². The van der Waals surface area contributed by atoms with E-state index in [4.69, 9.17) is 10.5 Å². The van der Waals surface area contributed by atoms with Gasteiger partial charge in [0.2, 0.25) is 5.88 Å². The van der Waals surface area contributed by atoms with Crippen molar-refractivity contribution in [3.63, 3.8) is 0 Å². The highest BCUT2D eigenvalue weighted by atomic mass is 19.4. The van der Waals surface area contributed by atoms with Crippen LogP contribution < -0.4 is 15.8 Å². The van der Waals surface area contributed by atoms with Crippen molar-refractivity contribution in [3.05, 3.63) is 53.7 Å². The summed E-state index contributed by atoms with van der Waals surface area (Å²) < 4.78 is 43.0. The molecule has 0 saturated heterocycles. The maximum absolute atomic E-state index is 12.5. The molecule has 0 radical (unpaired) electrons. The molecule has 0 saturated carbocycles. The zero-order valence-corrected chi connectivity index (χ0v) is 15.3. The number of halogens is 3. The summed E-state index contributed by atoms with van der Waals surface area (Å²) in [4.78, 5) is 16.0. The first kappa shape index (κ1) is 20.7. The van der Waals surface area contributed by atoms with Gasteiger partial charge in [-0.1, -0.05) is 13.8 Å². The Morgan fingerprint density at radius 3 is 2.26 bits per heavy atom. The lowest BCUT2D eigenvalue weighted by atomic mass is 9.88. The summed E-state index contributed by atoms with van der Waals surface area (Å²) in [6.07, 6.45) is -3.74. The van der Waals surface area contributed by atoms with Crippen molar-refractivity contribution in [2.24, 2.45) is 11.7 Å². The van der Waals surface area contributed by atoms with Gasteiger partial charge in [-0.25, -0.2) is 4.98 Å². The van der Waals surface area contributed by atoms with Crippen LogP contribution in [-0.4, -0.2) is 23.0 Å². The standard InChI is InChI=1S/C19H22F3N3O2/c1-12(2)18(3,11-23)25-17(26)13-4-7-15(8-5-13)27-16-9-6-14(10-24-16)19(20,21)22/h4-10,12H,11,23H2,1-3H3,(H,25,26). The molecule has 1 aromatic heterocycles. The normalized spacial score (nSPS) is 13.9. The highest BCUT2D eigenvalue weighted by Crippen LogP contribution is 2.30. The number of carbonyl (C=O) groups excluding carboxylic acids is 1. The Morgan fingerprint density at radius 1 is 1.19 bits per heavy atom. The van der Waals surface area contributed by atoms with Crippen LogP contribution in [0.1, 0.15) is 36.7 Å². The smallest absolute Gasteiger partial charge is 0.417 e. The van der Waals surface area contributed by atoms with Gasteiger partial charge >= 0.3 is 6.18 Å². The van der Waals surface area contributed by atoms with E-state index in [1.807, 2.05) is 20.8 Å². The summed E-state index contributed by atoms with van der Waals surface area (Å²) in [7, 11) is 0. The van der Waals surface area contributed by atoms with Crippen LogP contribution in [0.4, 0.5) is 13.2 Å². The van der Waals surface area contributed by atoms with Crippen LogP contribution in [0.5, 0.6) is 11.6 Å². The molecule has 146 valence electrons. The van der Waals surface area contributed by atoms with E-state index in [-0.39, 0.29) is 17.7 Å². The highest BCUT2D eigenvalue weighted by Gasteiger charge is 2.31. The molecule has 8 heteroatoms. The Bertz CT molecular complexity index is 774. The molecule has 1 aromatic carbocycles. The SMILES string of the molecule is CC(C)C(C)(CN)NC(=O)c1ccc(Oc2ccc(C(F)(F)F)cn2)cc1. The molecule has 0 aliphatic rings. The van der Waals surface area contributed by atoms with E-state index in [1.54, 1.807) is 24.3 Å². The van der Waals surface area contributed by atoms with Gasteiger partial charge in [-0.15, -0.1) is 0 Å². The second-order valence-corrected chi connectivity index (χ2v) is 6.74. The Labute approximate surface area is 155 Å². The van der Waals surface area contributed by atoms with Gasteiger partial charge in [0.25, 0.3) is 5.91 Å². The lowest BCUT2D eigenvalue weighted by Gasteiger charge is -2.33. The number of ether oxygens (including phenoxy) is 1. The monoisotopic (exact) mass is 381 g/mol. The van der Waals surface area contributed by atoms with Crippen LogP contribution in [0.3, 0.4) is 0 Å². The number of aromatic nitrogens is 1. The molecule has 5 nitrogen and oxygen atoms in total. The van der Waals surface area contributed by atoms with Crippen molar-refractivity contribution in [3.8, 4) is 11.6 Å². The molecule has 0 aliphatic heterocycles. The topological polar surface area (TPSA) is 77.2 Å². The molecule has 3 N–H and O–H groups in total. The number of nitrogens with one attached hydrogen (secondary N) is 1. The van der Waals surface area contributed by atoms with Crippen molar-refractivity contribution in [2.45, 2.75) is 32.5 Å². The summed E-state index contributed by atoms with van der Waals surface area (Å²) in [6, 6.07) is 8.24. The minimum Gasteiger partial charge on any atom is -0.439 e. The molecule has 1 atom stereocenters. The number of rotatable bonds is 6. The van der Waals surface area contributed by atoms with Crippen molar-refractivity contribution >= 4 is 5.91 Å². The van der Waals surface area contributed by atoms with Gasteiger partial charge in [0, 0.05) is 24.4 Å². The second-order valence-electron chi connectivity index (χ2n) is 6.74. The number of alkyl halides is 3. The summed E-state index contributed by atoms with van der Waals surface area (Å²) in [6.45, 7) is 6.13. The predicted molar refractivity (Wildman–Crippen MR) is 95.5 cm³/mol. The largest absolute Gasteiger partial charge is 0.439 e. The molecule has 27 heavy (non-hydrogen) atoms. The number of nitrogens with two attached hydrogens (primary N) is 1. The molecule has 0 fully saturated rings. The third-order valence-electron chi connectivity index (χ3n) is 4.50. The predicted octanol–water partition coefficient (Wildman–Crippen LogP) is 4.00. The zero-order valence-electron chi connectivity index (χ0n) is 15.3. The van der Waals surface area contributed by atoms with Crippen LogP contribution in [0, 0.1) is 5.92 Å². The average Bonchev–Trinajstić information content (AvgIpc) is 2.61. The molecule has 0 bridgehead atoms. The zero-order chi connectivity index (χ0) is 20.2. The summed E-state index contributed by atoms with van der Waals surface area (Å²) in [5.41, 5.74) is 4.81. The van der Waals surface area contributed by atoms with Gasteiger partial charge < -0.3 is 15.8 Å². The average molecular weight is 381 g/mol. The number of nitrogens with zero attached hydrogens (tertiary/aromatic N) is 1. The molecule has 1 heterocycles. The third kappa shape index (κ3) is 5.19. The van der Waals surface area contributed by atoms with Crippen LogP contribution in [0.2, 0.25) is 0 Å². The lowest BCUT2D eigenvalue weighted by molar-refractivity contribution is -0.137. The minimum atomic E-state index is -4.45. The Balaban J connectivity index is 2.06. The molecular weight excluding hydrogens is 359 g/mol. The molecule has 1 amide bonds. The quantitative estimate of drug-likeness (QED) is 0.793. The van der Waals surface area contributed by atoms with Crippen molar-refractivity contribution in [1.82, 2.24) is 10.3 Å². The number of pyridine rings is 1. The van der Waals surface area contributed by atoms with Gasteiger partial charge in [-0.3, -0.25) is 4.79 Å². The first-order valence-corrected chi connectivity index (χ1v) is 8.39. The fourth-order valence-corrected chi connectivity index (χ4v) is 2.17.